The molecule has 1 aromatic rings. The first kappa shape index (κ1) is 22.0. The number of hydrogen-bond donors (Lipinski definition) is 2. The first-order chi connectivity index (χ1) is 10.2. The summed E-state index contributed by atoms with van der Waals surface area (Å²) >= 11 is 0. The standard InChI is InChI=1S/C15H25N3O3S.HI/c1-15(2,22(4,19)20)11-18-14(16)17-10-9-12-5-7-13(21-3)8-6-12;/h5-8H,9-11H2,1-4H3,(H3,16,17,18);1H. The second-order valence-electron chi connectivity index (χ2n) is 5.76. The minimum atomic E-state index is -3.17. The van der Waals surface area contributed by atoms with E-state index in [1.165, 1.54) is 6.26 Å². The van der Waals surface area contributed by atoms with Crippen LogP contribution in [0.1, 0.15) is 19.4 Å². The highest BCUT2D eigenvalue weighted by atomic mass is 127. The number of nitrogens with one attached hydrogen (secondary N) is 1. The van der Waals surface area contributed by atoms with Crippen molar-refractivity contribution in [2.45, 2.75) is 25.0 Å². The zero-order valence-electron chi connectivity index (χ0n) is 14.0. The van der Waals surface area contributed by atoms with Crippen molar-refractivity contribution in [1.82, 2.24) is 5.32 Å². The van der Waals surface area contributed by atoms with Gasteiger partial charge in [-0.3, -0.25) is 4.99 Å². The number of nitrogens with zero attached hydrogens (tertiary/aromatic N) is 1. The molecule has 0 saturated heterocycles. The Labute approximate surface area is 155 Å². The Kier molecular flexibility index (Phi) is 8.89. The van der Waals surface area contributed by atoms with Gasteiger partial charge in [-0.25, -0.2) is 8.42 Å². The molecule has 0 unspecified atom stereocenters. The Hall–Kier alpha value is -1.03. The molecular weight excluding hydrogens is 429 g/mol. The quantitative estimate of drug-likeness (QED) is 0.370. The number of guanidine groups is 1. The van der Waals surface area contributed by atoms with E-state index in [0.29, 0.717) is 6.54 Å². The van der Waals surface area contributed by atoms with Crippen molar-refractivity contribution in [2.24, 2.45) is 10.7 Å². The highest BCUT2D eigenvalue weighted by Crippen LogP contribution is 2.15. The van der Waals surface area contributed by atoms with Crippen LogP contribution in [0.15, 0.2) is 29.3 Å². The number of rotatable bonds is 7. The molecule has 6 nitrogen and oxygen atoms in total. The van der Waals surface area contributed by atoms with E-state index >= 15 is 0 Å². The maximum Gasteiger partial charge on any atom is 0.188 e. The van der Waals surface area contributed by atoms with Crippen molar-refractivity contribution >= 4 is 39.8 Å². The van der Waals surface area contributed by atoms with E-state index in [-0.39, 0.29) is 36.5 Å². The van der Waals surface area contributed by atoms with Crippen molar-refractivity contribution in [2.75, 3.05) is 26.5 Å². The van der Waals surface area contributed by atoms with E-state index in [1.807, 2.05) is 24.3 Å². The summed E-state index contributed by atoms with van der Waals surface area (Å²) in [6.07, 6.45) is 1.99. The molecule has 0 aromatic heterocycles. The Morgan fingerprint density at radius 2 is 1.87 bits per heavy atom. The SMILES string of the molecule is COc1ccc(CCNC(N)=NCC(C)(C)S(C)(=O)=O)cc1.I. The molecule has 0 heterocycles. The van der Waals surface area contributed by atoms with E-state index in [2.05, 4.69) is 10.3 Å². The smallest absolute Gasteiger partial charge is 0.188 e. The molecule has 0 spiro atoms. The van der Waals surface area contributed by atoms with Gasteiger partial charge < -0.3 is 15.8 Å². The van der Waals surface area contributed by atoms with Crippen LogP contribution in [0, 0.1) is 0 Å². The fourth-order valence-electron chi connectivity index (χ4n) is 1.58. The molecule has 8 heteroatoms. The number of ether oxygens (including phenoxy) is 1. The molecule has 1 aromatic carbocycles. The highest BCUT2D eigenvalue weighted by Gasteiger charge is 2.29. The number of methoxy groups -OCH3 is 1. The average molecular weight is 455 g/mol. The second kappa shape index (κ2) is 9.31. The maximum absolute atomic E-state index is 11.6. The van der Waals surface area contributed by atoms with Crippen LogP contribution in [0.5, 0.6) is 5.75 Å². The van der Waals surface area contributed by atoms with Gasteiger partial charge in [0.2, 0.25) is 0 Å². The third-order valence-corrected chi connectivity index (χ3v) is 5.65. The number of benzene rings is 1. The molecule has 0 aliphatic heterocycles. The van der Waals surface area contributed by atoms with Gasteiger partial charge in [-0.1, -0.05) is 12.1 Å². The van der Waals surface area contributed by atoms with Crippen LogP contribution in [0.4, 0.5) is 0 Å². The number of nitrogens with two attached hydrogens (primary N) is 1. The summed E-state index contributed by atoms with van der Waals surface area (Å²) < 4.78 is 27.3. The minimum Gasteiger partial charge on any atom is -0.497 e. The molecule has 0 aliphatic rings. The molecule has 23 heavy (non-hydrogen) atoms. The second-order valence-corrected chi connectivity index (χ2v) is 8.41. The first-order valence-electron chi connectivity index (χ1n) is 7.02. The zero-order valence-corrected chi connectivity index (χ0v) is 17.1. The van der Waals surface area contributed by atoms with Gasteiger partial charge in [-0.05, 0) is 38.0 Å². The summed E-state index contributed by atoms with van der Waals surface area (Å²) in [5.41, 5.74) is 6.91. The molecule has 0 saturated carbocycles. The van der Waals surface area contributed by atoms with Gasteiger partial charge >= 0.3 is 0 Å². The number of aliphatic imine (C=N–C) groups is 1. The lowest BCUT2D eigenvalue weighted by Crippen LogP contribution is -2.38. The lowest BCUT2D eigenvalue weighted by molar-refractivity contribution is 0.414. The van der Waals surface area contributed by atoms with Crippen molar-refractivity contribution in [3.05, 3.63) is 29.8 Å². The molecule has 0 atom stereocenters. The molecule has 0 amide bonds. The van der Waals surface area contributed by atoms with Gasteiger partial charge in [-0.15, -0.1) is 24.0 Å². The van der Waals surface area contributed by atoms with Crippen LogP contribution in [0.3, 0.4) is 0 Å². The summed E-state index contributed by atoms with van der Waals surface area (Å²) in [6.45, 7) is 4.03. The first-order valence-corrected chi connectivity index (χ1v) is 8.91. The monoisotopic (exact) mass is 455 g/mol. The zero-order chi connectivity index (χ0) is 16.8. The highest BCUT2D eigenvalue weighted by molar-refractivity contribution is 14.0. The lowest BCUT2D eigenvalue weighted by Gasteiger charge is -2.20. The molecule has 0 aliphatic carbocycles. The third kappa shape index (κ3) is 7.38. The van der Waals surface area contributed by atoms with E-state index in [9.17, 15) is 8.42 Å². The van der Waals surface area contributed by atoms with Crippen molar-refractivity contribution in [3.63, 3.8) is 0 Å². The number of halogens is 1. The van der Waals surface area contributed by atoms with Gasteiger partial charge in [0.15, 0.2) is 15.8 Å². The van der Waals surface area contributed by atoms with E-state index < -0.39 is 14.6 Å². The third-order valence-electron chi connectivity index (χ3n) is 3.51. The molecule has 3 N–H and O–H groups in total. The molecule has 1 rings (SSSR count). The Morgan fingerprint density at radius 3 is 2.35 bits per heavy atom. The van der Waals surface area contributed by atoms with E-state index in [1.54, 1.807) is 21.0 Å². The van der Waals surface area contributed by atoms with Crippen molar-refractivity contribution < 1.29 is 13.2 Å². The average Bonchev–Trinajstić information content (AvgIpc) is 2.45. The van der Waals surface area contributed by atoms with Gasteiger partial charge in [0.1, 0.15) is 5.75 Å². The summed E-state index contributed by atoms with van der Waals surface area (Å²) in [5, 5.41) is 2.99. The fourth-order valence-corrected chi connectivity index (χ4v) is 1.87. The van der Waals surface area contributed by atoms with Crippen LogP contribution in [-0.4, -0.2) is 45.6 Å². The van der Waals surface area contributed by atoms with Gasteiger partial charge in [0.05, 0.1) is 18.4 Å². The van der Waals surface area contributed by atoms with Crippen molar-refractivity contribution in [3.8, 4) is 5.75 Å². The molecular formula is C15H26IN3O3S. The van der Waals surface area contributed by atoms with Gasteiger partial charge in [0, 0.05) is 12.8 Å². The van der Waals surface area contributed by atoms with Gasteiger partial charge in [-0.2, -0.15) is 0 Å². The van der Waals surface area contributed by atoms with E-state index in [0.717, 1.165) is 17.7 Å². The topological polar surface area (TPSA) is 93.8 Å². The summed E-state index contributed by atoms with van der Waals surface area (Å²) in [7, 11) is -1.54. The Morgan fingerprint density at radius 1 is 1.30 bits per heavy atom. The normalized spacial score (nSPS) is 12.4. The predicted molar refractivity (Wildman–Crippen MR) is 106 cm³/mol. The number of hydrogen-bond acceptors (Lipinski definition) is 4. The predicted octanol–water partition coefficient (Wildman–Crippen LogP) is 1.58. The maximum atomic E-state index is 11.6. The van der Waals surface area contributed by atoms with E-state index in [4.69, 9.17) is 10.5 Å². The van der Waals surface area contributed by atoms with Crippen LogP contribution < -0.4 is 15.8 Å². The van der Waals surface area contributed by atoms with Crippen molar-refractivity contribution in [1.29, 1.82) is 0 Å². The Balaban J connectivity index is 0.00000484. The van der Waals surface area contributed by atoms with Crippen LogP contribution in [0.2, 0.25) is 0 Å². The minimum absolute atomic E-state index is 0. The van der Waals surface area contributed by atoms with Gasteiger partial charge in [0.25, 0.3) is 0 Å². The summed E-state index contributed by atoms with van der Waals surface area (Å²) in [5.74, 6) is 1.08. The summed E-state index contributed by atoms with van der Waals surface area (Å²) in [6, 6.07) is 7.78. The molecule has 0 radical (unpaired) electrons. The fraction of sp³-hybridized carbons (Fsp3) is 0.533. The molecule has 0 bridgehead atoms. The molecule has 132 valence electrons. The largest absolute Gasteiger partial charge is 0.497 e. The number of sulfone groups is 1. The van der Waals surface area contributed by atoms with Crippen LogP contribution >= 0.6 is 24.0 Å². The molecule has 0 fully saturated rings. The van der Waals surface area contributed by atoms with Crippen LogP contribution in [0.25, 0.3) is 0 Å². The summed E-state index contributed by atoms with van der Waals surface area (Å²) in [4.78, 5) is 4.11. The lowest BCUT2D eigenvalue weighted by atomic mass is 10.1. The Bertz CT molecular complexity index is 613. The van der Waals surface area contributed by atoms with Crippen LogP contribution in [-0.2, 0) is 16.3 Å².